The van der Waals surface area contributed by atoms with Crippen LogP contribution in [0.3, 0.4) is 0 Å². The van der Waals surface area contributed by atoms with Crippen molar-refractivity contribution in [3.63, 3.8) is 0 Å². The van der Waals surface area contributed by atoms with E-state index in [1.807, 2.05) is 0 Å². The van der Waals surface area contributed by atoms with Gasteiger partial charge in [0.05, 0.1) is 26.4 Å². The van der Waals surface area contributed by atoms with Gasteiger partial charge in [-0.2, -0.15) is 0 Å². The van der Waals surface area contributed by atoms with E-state index in [4.69, 9.17) is 42.6 Å². The summed E-state index contributed by atoms with van der Waals surface area (Å²) in [4.78, 5) is 11.6. The lowest BCUT2D eigenvalue weighted by Crippen LogP contribution is -2.63. The Morgan fingerprint density at radius 2 is 1.13 bits per heavy atom. The number of rotatable bonds is 15. The maximum Gasteiger partial charge on any atom is 0.333 e. The second kappa shape index (κ2) is 17.8. The van der Waals surface area contributed by atoms with E-state index in [9.17, 15) is 50.8 Å². The van der Waals surface area contributed by atoms with Gasteiger partial charge in [0.25, 0.3) is 0 Å². The van der Waals surface area contributed by atoms with Crippen LogP contribution in [0.15, 0.2) is 12.2 Å². The number of methoxy groups -OCH3 is 2. The van der Waals surface area contributed by atoms with Crippen LogP contribution in [-0.4, -0.2) is 197 Å². The molecule has 0 spiro atoms. The van der Waals surface area contributed by atoms with Gasteiger partial charge in [-0.05, 0) is 6.92 Å². The molecule has 0 radical (unpaired) electrons. The Morgan fingerprint density at radius 1 is 0.652 bits per heavy atom. The molecule has 0 aromatic carbocycles. The third-order valence-electron chi connectivity index (χ3n) is 7.63. The number of esters is 1. The van der Waals surface area contributed by atoms with Crippen molar-refractivity contribution in [1.29, 1.82) is 0 Å². The lowest BCUT2D eigenvalue weighted by atomic mass is 9.97. The van der Waals surface area contributed by atoms with Crippen LogP contribution in [0.2, 0.25) is 0 Å². The highest BCUT2D eigenvalue weighted by atomic mass is 16.7. The van der Waals surface area contributed by atoms with E-state index < -0.39 is 131 Å². The second-order valence-electron chi connectivity index (χ2n) is 11.2. The highest BCUT2D eigenvalue weighted by molar-refractivity contribution is 5.86. The third kappa shape index (κ3) is 9.57. The fourth-order valence-corrected chi connectivity index (χ4v) is 4.92. The van der Waals surface area contributed by atoms with Crippen molar-refractivity contribution in [2.45, 2.75) is 105 Å². The molecule has 0 aromatic rings. The summed E-state index contributed by atoms with van der Waals surface area (Å²) in [5.74, 6) is -0.756. The number of carbonyl (C=O) groups is 1. The van der Waals surface area contributed by atoms with Crippen LogP contribution in [-0.2, 0) is 47.4 Å². The zero-order chi connectivity index (χ0) is 34.3. The van der Waals surface area contributed by atoms with Gasteiger partial charge in [0.15, 0.2) is 18.9 Å². The Bertz CT molecular complexity index is 954. The number of aliphatic hydroxyl groups is 9. The zero-order valence-corrected chi connectivity index (χ0v) is 25.6. The molecule has 16 unspecified atom stereocenters. The minimum absolute atomic E-state index is 0.0970. The average molecular weight is 675 g/mol. The van der Waals surface area contributed by atoms with Crippen molar-refractivity contribution in [3.8, 4) is 0 Å². The maximum absolute atomic E-state index is 11.6. The minimum atomic E-state index is -1.74. The topological polar surface area (TPSA) is 282 Å². The summed E-state index contributed by atoms with van der Waals surface area (Å²) in [6.45, 7) is 2.56. The number of aliphatic hydroxyl groups excluding tert-OH is 9. The molecule has 0 amide bonds. The number of hydrogen-bond acceptors (Lipinski definition) is 19. The van der Waals surface area contributed by atoms with Crippen LogP contribution in [0.1, 0.15) is 6.92 Å². The van der Waals surface area contributed by atoms with Crippen molar-refractivity contribution in [2.75, 3.05) is 47.3 Å². The van der Waals surface area contributed by atoms with Crippen LogP contribution < -0.4 is 0 Å². The molecule has 268 valence electrons. The smallest absolute Gasteiger partial charge is 0.333 e. The standard InChI is InChI=1S/C27H46O19/c1-10(2)24(37)41-6-11(28)5-40-23-17(31)14(9-42-26-21(35)19(33)15(29)12(45-26)7-38-3)46-27(22(23)36)43-8-13-16(30)18(32)20(34)25(39-4)44-13/h11-23,25-36H,1,5-9H2,2-4H3. The molecular formula is C27H46O19. The largest absolute Gasteiger partial charge is 0.460 e. The minimum Gasteiger partial charge on any atom is -0.460 e. The molecule has 3 aliphatic heterocycles. The van der Waals surface area contributed by atoms with Crippen LogP contribution in [0.4, 0.5) is 0 Å². The first-order chi connectivity index (χ1) is 21.7. The molecule has 0 aliphatic carbocycles. The average Bonchev–Trinajstić information content (AvgIpc) is 3.03. The summed E-state index contributed by atoms with van der Waals surface area (Å²) < 4.78 is 48.2. The van der Waals surface area contributed by atoms with E-state index in [-0.39, 0.29) is 12.2 Å². The van der Waals surface area contributed by atoms with E-state index in [2.05, 4.69) is 6.58 Å². The zero-order valence-electron chi connectivity index (χ0n) is 25.6. The molecule has 3 heterocycles. The highest BCUT2D eigenvalue weighted by Crippen LogP contribution is 2.29. The normalized spacial score (nSPS) is 42.4. The summed E-state index contributed by atoms with van der Waals surface area (Å²) in [5, 5.41) is 93.6. The summed E-state index contributed by atoms with van der Waals surface area (Å²) >= 11 is 0. The molecule has 9 N–H and O–H groups in total. The van der Waals surface area contributed by atoms with Gasteiger partial charge < -0.3 is 88.6 Å². The first kappa shape index (κ1) is 39.0. The Balaban J connectivity index is 1.71. The second-order valence-corrected chi connectivity index (χ2v) is 11.2. The van der Waals surface area contributed by atoms with Crippen molar-refractivity contribution < 1.29 is 93.4 Å². The lowest BCUT2D eigenvalue weighted by molar-refractivity contribution is -0.344. The highest BCUT2D eigenvalue weighted by Gasteiger charge is 2.50. The van der Waals surface area contributed by atoms with E-state index >= 15 is 0 Å². The SMILES string of the molecule is C=C(C)C(=O)OCC(O)COC1C(O)C(COC2OC(COC)C(O)C(O)C2O)OC(OCC2OC(OC)C(O)C(O)C2O)C1O. The molecule has 3 saturated heterocycles. The van der Waals surface area contributed by atoms with Gasteiger partial charge in [-0.25, -0.2) is 4.79 Å². The maximum atomic E-state index is 11.6. The molecule has 16 atom stereocenters. The lowest BCUT2D eigenvalue weighted by Gasteiger charge is -2.45. The number of ether oxygens (including phenoxy) is 9. The summed E-state index contributed by atoms with van der Waals surface area (Å²) in [6.07, 6.45) is -24.3. The Hall–Kier alpha value is -1.47. The first-order valence-corrected chi connectivity index (χ1v) is 14.5. The van der Waals surface area contributed by atoms with E-state index in [0.717, 1.165) is 0 Å². The van der Waals surface area contributed by atoms with Gasteiger partial charge in [-0.1, -0.05) is 6.58 Å². The molecule has 0 bridgehead atoms. The predicted octanol–water partition coefficient (Wildman–Crippen LogP) is -5.76. The van der Waals surface area contributed by atoms with Crippen molar-refractivity contribution in [1.82, 2.24) is 0 Å². The van der Waals surface area contributed by atoms with Gasteiger partial charge in [-0.3, -0.25) is 0 Å². The van der Waals surface area contributed by atoms with E-state index in [1.54, 1.807) is 0 Å². The molecule has 0 saturated carbocycles. The quantitative estimate of drug-likeness (QED) is 0.0578. The fourth-order valence-electron chi connectivity index (χ4n) is 4.92. The van der Waals surface area contributed by atoms with Crippen molar-refractivity contribution in [2.24, 2.45) is 0 Å². The van der Waals surface area contributed by atoms with Crippen molar-refractivity contribution >= 4 is 5.97 Å². The van der Waals surface area contributed by atoms with Crippen LogP contribution in [0, 0.1) is 0 Å². The van der Waals surface area contributed by atoms with Gasteiger partial charge in [0.2, 0.25) is 0 Å². The predicted molar refractivity (Wildman–Crippen MR) is 146 cm³/mol. The molecule has 19 heteroatoms. The van der Waals surface area contributed by atoms with Crippen LogP contribution in [0.25, 0.3) is 0 Å². The first-order valence-electron chi connectivity index (χ1n) is 14.5. The molecular weight excluding hydrogens is 628 g/mol. The number of hydrogen-bond donors (Lipinski definition) is 9. The summed E-state index contributed by atoms with van der Waals surface area (Å²) in [7, 11) is 2.54. The summed E-state index contributed by atoms with van der Waals surface area (Å²) in [5.41, 5.74) is 0.0970. The van der Waals surface area contributed by atoms with Gasteiger partial charge in [0, 0.05) is 19.8 Å². The van der Waals surface area contributed by atoms with Gasteiger partial charge in [0.1, 0.15) is 86.0 Å². The molecule has 3 rings (SSSR count). The van der Waals surface area contributed by atoms with Crippen molar-refractivity contribution in [3.05, 3.63) is 12.2 Å². The fraction of sp³-hybridized carbons (Fsp3) is 0.889. The molecule has 19 nitrogen and oxygen atoms in total. The third-order valence-corrected chi connectivity index (χ3v) is 7.63. The Labute approximate surface area is 264 Å². The summed E-state index contributed by atoms with van der Waals surface area (Å²) in [6, 6.07) is 0. The number of carbonyl (C=O) groups excluding carboxylic acids is 1. The van der Waals surface area contributed by atoms with E-state index in [0.29, 0.717) is 0 Å². The molecule has 3 aliphatic rings. The van der Waals surface area contributed by atoms with Crippen LogP contribution in [0.5, 0.6) is 0 Å². The van der Waals surface area contributed by atoms with Gasteiger partial charge in [-0.15, -0.1) is 0 Å². The molecule has 46 heavy (non-hydrogen) atoms. The van der Waals surface area contributed by atoms with Gasteiger partial charge >= 0.3 is 5.97 Å². The molecule has 0 aromatic heterocycles. The molecule has 3 fully saturated rings. The monoisotopic (exact) mass is 674 g/mol. The van der Waals surface area contributed by atoms with E-state index in [1.165, 1.54) is 21.1 Å². The Kier molecular flexibility index (Phi) is 15.1. The van der Waals surface area contributed by atoms with Crippen LogP contribution >= 0.6 is 0 Å². The Morgan fingerprint density at radius 3 is 1.65 bits per heavy atom.